The van der Waals surface area contributed by atoms with E-state index in [0.717, 1.165) is 54.3 Å². The second-order valence-corrected chi connectivity index (χ2v) is 7.24. The van der Waals surface area contributed by atoms with Crippen LogP contribution in [0.4, 0.5) is 13.2 Å². The Morgan fingerprint density at radius 1 is 1.00 bits per heavy atom. The third-order valence-electron chi connectivity index (χ3n) is 4.90. The van der Waals surface area contributed by atoms with Crippen molar-refractivity contribution in [1.82, 2.24) is 0 Å². The highest BCUT2D eigenvalue weighted by molar-refractivity contribution is 6.15. The van der Waals surface area contributed by atoms with Crippen LogP contribution in [-0.2, 0) is 23.8 Å². The van der Waals surface area contributed by atoms with Crippen molar-refractivity contribution in [3.8, 4) is 0 Å². The molecule has 0 saturated carbocycles. The molecule has 0 atom stereocenters. The molecule has 1 aliphatic rings. The van der Waals surface area contributed by atoms with Crippen molar-refractivity contribution >= 4 is 17.2 Å². The van der Waals surface area contributed by atoms with Gasteiger partial charge in [-0.05, 0) is 35.6 Å². The van der Waals surface area contributed by atoms with Crippen LogP contribution < -0.4 is 0 Å². The number of ketones is 1. The summed E-state index contributed by atoms with van der Waals surface area (Å²) in [4.78, 5) is 12.3. The zero-order valence-electron chi connectivity index (χ0n) is 16.3. The Bertz CT molecular complexity index is 928. The Hall–Kier alpha value is -2.76. The van der Waals surface area contributed by atoms with Crippen LogP contribution in [0.1, 0.15) is 54.9 Å². The molecule has 0 N–H and O–H groups in total. The van der Waals surface area contributed by atoms with Gasteiger partial charge >= 0.3 is 6.18 Å². The summed E-state index contributed by atoms with van der Waals surface area (Å²) in [6, 6.07) is 12.7. The third kappa shape index (κ3) is 5.62. The SMILES string of the molecule is CCCCC1=NN=C(c2ccc(CC(=O)Cc3ccccc3C(F)(F)F)cc2)C1. The number of carbonyl (C=O) groups excluding carboxylic acids is 1. The van der Waals surface area contributed by atoms with E-state index >= 15 is 0 Å². The van der Waals surface area contributed by atoms with E-state index in [9.17, 15) is 18.0 Å². The molecule has 3 rings (SSSR count). The average Bonchev–Trinajstić information content (AvgIpc) is 3.15. The van der Waals surface area contributed by atoms with Crippen molar-refractivity contribution in [3.63, 3.8) is 0 Å². The van der Waals surface area contributed by atoms with Crippen molar-refractivity contribution in [2.24, 2.45) is 10.2 Å². The second-order valence-electron chi connectivity index (χ2n) is 7.24. The standard InChI is InChI=1S/C23H23F3N2O/c1-2-3-7-19-15-22(28-27-19)17-11-9-16(10-12-17)13-20(29)14-18-6-4-5-8-21(18)23(24,25)26/h4-6,8-12H,2-3,7,13-15H2,1H3. The number of rotatable bonds is 8. The van der Waals surface area contributed by atoms with Crippen LogP contribution in [0.3, 0.4) is 0 Å². The van der Waals surface area contributed by atoms with E-state index in [2.05, 4.69) is 17.1 Å². The van der Waals surface area contributed by atoms with Crippen molar-refractivity contribution < 1.29 is 18.0 Å². The van der Waals surface area contributed by atoms with Crippen LogP contribution >= 0.6 is 0 Å². The Kier molecular flexibility index (Phi) is 6.62. The van der Waals surface area contributed by atoms with Crippen molar-refractivity contribution in [2.75, 3.05) is 0 Å². The molecule has 0 amide bonds. The molecular weight excluding hydrogens is 377 g/mol. The lowest BCUT2D eigenvalue weighted by Gasteiger charge is -2.12. The molecule has 0 radical (unpaired) electrons. The lowest BCUT2D eigenvalue weighted by atomic mass is 9.97. The van der Waals surface area contributed by atoms with Crippen LogP contribution in [0.15, 0.2) is 58.7 Å². The monoisotopic (exact) mass is 400 g/mol. The molecule has 0 fully saturated rings. The average molecular weight is 400 g/mol. The predicted molar refractivity (Wildman–Crippen MR) is 108 cm³/mol. The van der Waals surface area contributed by atoms with Crippen molar-refractivity contribution in [1.29, 1.82) is 0 Å². The first-order valence-corrected chi connectivity index (χ1v) is 9.75. The molecule has 0 saturated heterocycles. The summed E-state index contributed by atoms with van der Waals surface area (Å²) in [6.07, 6.45) is -0.693. The van der Waals surface area contributed by atoms with E-state index in [4.69, 9.17) is 0 Å². The molecular formula is C23H23F3N2O. The fraction of sp³-hybridized carbons (Fsp3) is 0.348. The van der Waals surface area contributed by atoms with Gasteiger partial charge < -0.3 is 0 Å². The zero-order chi connectivity index (χ0) is 20.9. The number of unbranched alkanes of at least 4 members (excludes halogenated alkanes) is 1. The number of carbonyl (C=O) groups is 1. The number of alkyl halides is 3. The highest BCUT2D eigenvalue weighted by Crippen LogP contribution is 2.32. The summed E-state index contributed by atoms with van der Waals surface area (Å²) in [6.45, 7) is 2.14. The maximum absolute atomic E-state index is 13.1. The Morgan fingerprint density at radius 3 is 2.41 bits per heavy atom. The van der Waals surface area contributed by atoms with Gasteiger partial charge in [0, 0.05) is 25.0 Å². The Labute approximate surface area is 168 Å². The lowest BCUT2D eigenvalue weighted by Crippen LogP contribution is -2.13. The number of Topliss-reactive ketones (excluding diaryl/α,β-unsaturated/α-hetero) is 1. The van der Waals surface area contributed by atoms with Gasteiger partial charge in [0.2, 0.25) is 0 Å². The van der Waals surface area contributed by atoms with Gasteiger partial charge in [-0.1, -0.05) is 55.8 Å². The maximum atomic E-state index is 13.1. The largest absolute Gasteiger partial charge is 0.416 e. The number of hydrogen-bond acceptors (Lipinski definition) is 3. The number of nitrogens with zero attached hydrogens (tertiary/aromatic N) is 2. The summed E-state index contributed by atoms with van der Waals surface area (Å²) in [5, 5.41) is 8.49. The molecule has 0 aliphatic carbocycles. The minimum absolute atomic E-state index is 0.0127. The first-order valence-electron chi connectivity index (χ1n) is 9.75. The number of hydrogen-bond donors (Lipinski definition) is 0. The molecule has 2 aromatic carbocycles. The van der Waals surface area contributed by atoms with Gasteiger partial charge in [-0.2, -0.15) is 23.4 Å². The predicted octanol–water partition coefficient (Wildman–Crippen LogP) is 5.80. The second kappa shape index (κ2) is 9.16. The molecule has 3 nitrogen and oxygen atoms in total. The van der Waals surface area contributed by atoms with Crippen LogP contribution in [0.2, 0.25) is 0 Å². The van der Waals surface area contributed by atoms with E-state index < -0.39 is 11.7 Å². The summed E-state index contributed by atoms with van der Waals surface area (Å²) < 4.78 is 39.2. The van der Waals surface area contributed by atoms with Crippen LogP contribution in [0.25, 0.3) is 0 Å². The Morgan fingerprint density at radius 2 is 1.72 bits per heavy atom. The smallest absolute Gasteiger partial charge is 0.299 e. The summed E-state index contributed by atoms with van der Waals surface area (Å²) in [5.74, 6) is -0.252. The summed E-state index contributed by atoms with van der Waals surface area (Å²) >= 11 is 0. The van der Waals surface area contributed by atoms with Gasteiger partial charge in [0.15, 0.2) is 0 Å². The zero-order valence-corrected chi connectivity index (χ0v) is 16.3. The lowest BCUT2D eigenvalue weighted by molar-refractivity contribution is -0.138. The molecule has 2 aromatic rings. The fourth-order valence-corrected chi connectivity index (χ4v) is 3.34. The topological polar surface area (TPSA) is 41.8 Å². The first-order chi connectivity index (χ1) is 13.9. The van der Waals surface area contributed by atoms with Gasteiger partial charge in [-0.25, -0.2) is 0 Å². The van der Waals surface area contributed by atoms with Crippen LogP contribution in [0, 0.1) is 0 Å². The van der Waals surface area contributed by atoms with E-state index in [1.54, 1.807) is 0 Å². The summed E-state index contributed by atoms with van der Waals surface area (Å²) in [5.41, 5.74) is 2.99. The molecule has 6 heteroatoms. The van der Waals surface area contributed by atoms with Crippen LogP contribution in [0.5, 0.6) is 0 Å². The quantitative estimate of drug-likeness (QED) is 0.552. The molecule has 0 spiro atoms. The fourth-order valence-electron chi connectivity index (χ4n) is 3.34. The third-order valence-corrected chi connectivity index (χ3v) is 4.90. The van der Waals surface area contributed by atoms with Gasteiger partial charge in [-0.15, -0.1) is 0 Å². The highest BCUT2D eigenvalue weighted by atomic mass is 19.4. The normalized spacial score (nSPS) is 13.9. The van der Waals surface area contributed by atoms with Gasteiger partial charge in [0.1, 0.15) is 5.78 Å². The van der Waals surface area contributed by atoms with Gasteiger partial charge in [-0.3, -0.25) is 4.79 Å². The molecule has 152 valence electrons. The van der Waals surface area contributed by atoms with E-state index in [0.29, 0.717) is 0 Å². The van der Waals surface area contributed by atoms with Crippen LogP contribution in [-0.4, -0.2) is 17.2 Å². The van der Waals surface area contributed by atoms with Gasteiger partial charge in [0.05, 0.1) is 11.3 Å². The summed E-state index contributed by atoms with van der Waals surface area (Å²) in [7, 11) is 0. The molecule has 0 aromatic heterocycles. The minimum Gasteiger partial charge on any atom is -0.299 e. The molecule has 0 unspecified atom stereocenters. The molecule has 1 heterocycles. The Balaban J connectivity index is 1.59. The first kappa shape index (κ1) is 21.0. The molecule has 0 bridgehead atoms. The minimum atomic E-state index is -4.46. The molecule has 29 heavy (non-hydrogen) atoms. The maximum Gasteiger partial charge on any atom is 0.416 e. The van der Waals surface area contributed by atoms with Gasteiger partial charge in [0.25, 0.3) is 0 Å². The molecule has 1 aliphatic heterocycles. The number of benzene rings is 2. The number of halogens is 3. The van der Waals surface area contributed by atoms with Crippen molar-refractivity contribution in [3.05, 3.63) is 70.8 Å². The van der Waals surface area contributed by atoms with E-state index in [1.165, 1.54) is 18.2 Å². The van der Waals surface area contributed by atoms with E-state index in [1.807, 2.05) is 24.3 Å². The van der Waals surface area contributed by atoms with Crippen molar-refractivity contribution in [2.45, 2.75) is 51.6 Å². The highest BCUT2D eigenvalue weighted by Gasteiger charge is 2.33. The van der Waals surface area contributed by atoms with E-state index in [-0.39, 0.29) is 24.2 Å².